The number of benzene rings is 1. The van der Waals surface area contributed by atoms with E-state index in [2.05, 4.69) is 0 Å². The van der Waals surface area contributed by atoms with Crippen LogP contribution in [-0.4, -0.2) is 41.6 Å². The average molecular weight is 408 g/mol. The molecule has 1 heterocycles. The molecule has 1 N–H and O–H groups in total. The molecule has 1 spiro atoms. The van der Waals surface area contributed by atoms with Crippen molar-refractivity contribution in [3.63, 3.8) is 0 Å². The molecule has 0 radical (unpaired) electrons. The van der Waals surface area contributed by atoms with Crippen LogP contribution in [0.25, 0.3) is 0 Å². The molecule has 1 aromatic rings. The molecule has 1 aliphatic heterocycles. The van der Waals surface area contributed by atoms with Crippen molar-refractivity contribution in [1.82, 2.24) is 0 Å². The van der Waals surface area contributed by atoms with Gasteiger partial charge >= 0.3 is 0 Å². The Morgan fingerprint density at radius 3 is 2.38 bits per heavy atom. The highest BCUT2D eigenvalue weighted by atomic mass is 19.2. The van der Waals surface area contributed by atoms with Gasteiger partial charge in [0.2, 0.25) is 5.91 Å². The third-order valence-corrected chi connectivity index (χ3v) is 7.49. The Morgan fingerprint density at radius 2 is 1.83 bits per heavy atom. The van der Waals surface area contributed by atoms with Gasteiger partial charge in [-0.05, 0) is 89.0 Å². The molecular formula is C23H31F2NO3. The van der Waals surface area contributed by atoms with Crippen LogP contribution in [0.15, 0.2) is 24.3 Å². The normalized spacial score (nSPS) is 33.0. The third-order valence-electron chi connectivity index (χ3n) is 7.49. The van der Waals surface area contributed by atoms with E-state index < -0.39 is 24.0 Å². The van der Waals surface area contributed by atoms with E-state index in [1.807, 2.05) is 4.90 Å². The van der Waals surface area contributed by atoms with Crippen LogP contribution in [0.2, 0.25) is 0 Å². The summed E-state index contributed by atoms with van der Waals surface area (Å²) in [5.74, 6) is 1.03. The molecule has 1 aromatic carbocycles. The van der Waals surface area contributed by atoms with Crippen molar-refractivity contribution in [2.75, 3.05) is 18.1 Å². The minimum absolute atomic E-state index is 0.145. The smallest absolute Gasteiger partial charge is 0.233 e. The second-order valence-corrected chi connectivity index (χ2v) is 9.53. The predicted molar refractivity (Wildman–Crippen MR) is 108 cm³/mol. The van der Waals surface area contributed by atoms with Crippen LogP contribution in [0, 0.1) is 11.3 Å². The minimum Gasteiger partial charge on any atom is -0.487 e. The number of carbonyl (C=O) groups excluding carboxylic acids is 1. The number of carbonyl (C=O) groups is 1. The average Bonchev–Trinajstić information content (AvgIpc) is 3.52. The molecular weight excluding hydrogens is 376 g/mol. The first kappa shape index (κ1) is 20.6. The Morgan fingerprint density at radius 1 is 1.21 bits per heavy atom. The van der Waals surface area contributed by atoms with E-state index in [4.69, 9.17) is 4.74 Å². The first-order valence-electron chi connectivity index (χ1n) is 10.8. The standard InChI is InChI=1S/C23H31F2NO3/c1-16(21(2,25)15-24)29-19-7-5-18(6-8-19)26-14-13-22(20(26)27)9-11-23(28,12-10-22)17-3-4-17/h5-8,16-17,28H,3-4,9-15H2,1-2H3. The van der Waals surface area contributed by atoms with Crippen molar-refractivity contribution in [3.8, 4) is 5.75 Å². The summed E-state index contributed by atoms with van der Waals surface area (Å²) in [7, 11) is 0. The van der Waals surface area contributed by atoms with Crippen molar-refractivity contribution in [2.24, 2.45) is 11.3 Å². The second-order valence-electron chi connectivity index (χ2n) is 9.53. The Balaban J connectivity index is 1.40. The SMILES string of the molecule is CC(Oc1ccc(N2CCC3(CCC(O)(C4CC4)CC3)C2=O)cc1)C(C)(F)CF. The Kier molecular flexibility index (Phi) is 5.12. The maximum Gasteiger partial charge on any atom is 0.233 e. The van der Waals surface area contributed by atoms with E-state index >= 15 is 0 Å². The van der Waals surface area contributed by atoms with E-state index in [-0.39, 0.29) is 11.3 Å². The molecule has 4 rings (SSSR count). The Hall–Kier alpha value is -1.69. The zero-order valence-electron chi connectivity index (χ0n) is 17.3. The van der Waals surface area contributed by atoms with E-state index in [1.165, 1.54) is 13.8 Å². The molecule has 29 heavy (non-hydrogen) atoms. The van der Waals surface area contributed by atoms with Crippen LogP contribution >= 0.6 is 0 Å². The van der Waals surface area contributed by atoms with E-state index in [0.717, 1.165) is 50.6 Å². The molecule has 6 heteroatoms. The van der Waals surface area contributed by atoms with Gasteiger partial charge in [0.05, 0.1) is 11.0 Å². The van der Waals surface area contributed by atoms with Gasteiger partial charge in [-0.1, -0.05) is 0 Å². The summed E-state index contributed by atoms with van der Waals surface area (Å²) in [5.41, 5.74) is -2.15. The molecule has 2 aliphatic carbocycles. The van der Waals surface area contributed by atoms with Gasteiger partial charge in [-0.2, -0.15) is 0 Å². The zero-order chi connectivity index (χ0) is 20.9. The quantitative estimate of drug-likeness (QED) is 0.750. The first-order valence-corrected chi connectivity index (χ1v) is 10.8. The maximum absolute atomic E-state index is 14.0. The number of ether oxygens (including phenoxy) is 1. The lowest BCUT2D eigenvalue weighted by molar-refractivity contribution is -0.131. The molecule has 2 atom stereocenters. The van der Waals surface area contributed by atoms with Crippen molar-refractivity contribution >= 4 is 11.6 Å². The van der Waals surface area contributed by atoms with Gasteiger partial charge < -0.3 is 14.7 Å². The number of aliphatic hydroxyl groups is 1. The van der Waals surface area contributed by atoms with Crippen molar-refractivity contribution in [2.45, 2.75) is 76.2 Å². The number of halogens is 2. The molecule has 2 unspecified atom stereocenters. The number of rotatable bonds is 6. The lowest BCUT2D eigenvalue weighted by Gasteiger charge is -2.41. The van der Waals surface area contributed by atoms with Gasteiger partial charge in [0.15, 0.2) is 5.67 Å². The largest absolute Gasteiger partial charge is 0.487 e. The lowest BCUT2D eigenvalue weighted by atomic mass is 9.66. The van der Waals surface area contributed by atoms with E-state index in [1.54, 1.807) is 24.3 Å². The van der Waals surface area contributed by atoms with Crippen LogP contribution in [0.1, 0.15) is 58.8 Å². The summed E-state index contributed by atoms with van der Waals surface area (Å²) in [6.07, 6.45) is 5.09. The van der Waals surface area contributed by atoms with Crippen molar-refractivity contribution < 1.29 is 23.4 Å². The summed E-state index contributed by atoms with van der Waals surface area (Å²) in [4.78, 5) is 15.0. The number of alkyl halides is 2. The highest BCUT2D eigenvalue weighted by molar-refractivity contribution is 6.00. The molecule has 3 aliphatic rings. The number of nitrogens with zero attached hydrogens (tertiary/aromatic N) is 1. The van der Waals surface area contributed by atoms with Gasteiger partial charge in [-0.25, -0.2) is 8.78 Å². The molecule has 3 fully saturated rings. The van der Waals surface area contributed by atoms with Crippen LogP contribution < -0.4 is 9.64 Å². The number of hydrogen-bond acceptors (Lipinski definition) is 3. The number of amides is 1. The molecule has 4 nitrogen and oxygen atoms in total. The van der Waals surface area contributed by atoms with E-state index in [9.17, 15) is 18.7 Å². The fourth-order valence-corrected chi connectivity index (χ4v) is 4.86. The summed E-state index contributed by atoms with van der Waals surface area (Å²) in [5, 5.41) is 10.8. The number of anilines is 1. The zero-order valence-corrected chi connectivity index (χ0v) is 17.3. The lowest BCUT2D eigenvalue weighted by Crippen LogP contribution is -2.44. The number of hydrogen-bond donors (Lipinski definition) is 1. The van der Waals surface area contributed by atoms with Crippen LogP contribution in [-0.2, 0) is 4.79 Å². The van der Waals surface area contributed by atoms with Crippen LogP contribution in [0.5, 0.6) is 5.75 Å². The van der Waals surface area contributed by atoms with Gasteiger partial charge in [0, 0.05) is 12.2 Å². The Bertz CT molecular complexity index is 752. The topological polar surface area (TPSA) is 49.8 Å². The maximum atomic E-state index is 14.0. The molecule has 0 bridgehead atoms. The molecule has 1 amide bonds. The van der Waals surface area contributed by atoms with Gasteiger partial charge in [0.25, 0.3) is 0 Å². The molecule has 1 saturated heterocycles. The highest BCUT2D eigenvalue weighted by Gasteiger charge is 2.54. The second kappa shape index (κ2) is 7.22. The summed E-state index contributed by atoms with van der Waals surface area (Å²) in [6.45, 7) is 2.25. The molecule has 0 aromatic heterocycles. The van der Waals surface area contributed by atoms with Gasteiger partial charge in [0.1, 0.15) is 18.5 Å². The third kappa shape index (κ3) is 3.76. The fraction of sp³-hybridized carbons (Fsp3) is 0.696. The van der Waals surface area contributed by atoms with Gasteiger partial charge in [-0.3, -0.25) is 4.79 Å². The summed E-state index contributed by atoms with van der Waals surface area (Å²) >= 11 is 0. The van der Waals surface area contributed by atoms with Crippen molar-refractivity contribution in [1.29, 1.82) is 0 Å². The Labute approximate surface area is 171 Å². The predicted octanol–water partition coefficient (Wildman–Crippen LogP) is 4.59. The van der Waals surface area contributed by atoms with E-state index in [0.29, 0.717) is 18.2 Å². The van der Waals surface area contributed by atoms with Crippen LogP contribution in [0.4, 0.5) is 14.5 Å². The molecule has 160 valence electrons. The summed E-state index contributed by atoms with van der Waals surface area (Å²) < 4.78 is 32.3. The monoisotopic (exact) mass is 407 g/mol. The highest BCUT2D eigenvalue weighted by Crippen LogP contribution is 2.54. The molecule has 2 saturated carbocycles. The minimum atomic E-state index is -2.04. The summed E-state index contributed by atoms with van der Waals surface area (Å²) in [6, 6.07) is 7.00. The first-order chi connectivity index (χ1) is 13.7. The fourth-order valence-electron chi connectivity index (χ4n) is 4.86. The van der Waals surface area contributed by atoms with Gasteiger partial charge in [-0.15, -0.1) is 0 Å². The van der Waals surface area contributed by atoms with Crippen LogP contribution in [0.3, 0.4) is 0 Å². The van der Waals surface area contributed by atoms with Crippen molar-refractivity contribution in [3.05, 3.63) is 24.3 Å².